The minimum absolute atomic E-state index is 0.258. The highest BCUT2D eigenvalue weighted by molar-refractivity contribution is 5.00. The molecule has 70 valence electrons. The van der Waals surface area contributed by atoms with Gasteiger partial charge in [-0.1, -0.05) is 6.08 Å². The van der Waals surface area contributed by atoms with Crippen molar-refractivity contribution in [2.24, 2.45) is 0 Å². The van der Waals surface area contributed by atoms with Crippen LogP contribution in [0.2, 0.25) is 0 Å². The van der Waals surface area contributed by atoms with Crippen LogP contribution >= 0.6 is 0 Å². The standard InChI is InChI=1S/C10H15N3/c1-3-4-5-12-9(2)10-8-11-6-7-13-10/h3,6-9,12H,1,4-5H2,2H3. The van der Waals surface area contributed by atoms with Crippen LogP contribution in [-0.2, 0) is 0 Å². The van der Waals surface area contributed by atoms with Crippen molar-refractivity contribution in [2.75, 3.05) is 6.54 Å². The van der Waals surface area contributed by atoms with Crippen LogP contribution in [0.25, 0.3) is 0 Å². The quantitative estimate of drug-likeness (QED) is 0.549. The highest BCUT2D eigenvalue weighted by atomic mass is 14.9. The van der Waals surface area contributed by atoms with Gasteiger partial charge in [-0.3, -0.25) is 9.97 Å². The molecule has 0 saturated carbocycles. The summed E-state index contributed by atoms with van der Waals surface area (Å²) < 4.78 is 0. The number of hydrogen-bond donors (Lipinski definition) is 1. The maximum Gasteiger partial charge on any atom is 0.0753 e. The van der Waals surface area contributed by atoms with Gasteiger partial charge in [-0.15, -0.1) is 6.58 Å². The van der Waals surface area contributed by atoms with Gasteiger partial charge in [-0.05, 0) is 19.9 Å². The zero-order valence-electron chi connectivity index (χ0n) is 7.90. The summed E-state index contributed by atoms with van der Waals surface area (Å²) in [6.45, 7) is 6.67. The van der Waals surface area contributed by atoms with Crippen molar-refractivity contribution >= 4 is 0 Å². The Hall–Kier alpha value is -1.22. The van der Waals surface area contributed by atoms with Gasteiger partial charge >= 0.3 is 0 Å². The van der Waals surface area contributed by atoms with Crippen LogP contribution in [0.15, 0.2) is 31.2 Å². The van der Waals surface area contributed by atoms with Crippen LogP contribution in [0.4, 0.5) is 0 Å². The van der Waals surface area contributed by atoms with E-state index < -0.39 is 0 Å². The Morgan fingerprint density at radius 2 is 2.46 bits per heavy atom. The molecule has 0 spiro atoms. The van der Waals surface area contributed by atoms with Gasteiger partial charge in [-0.2, -0.15) is 0 Å². The van der Waals surface area contributed by atoms with Crippen LogP contribution in [0, 0.1) is 0 Å². The minimum Gasteiger partial charge on any atom is -0.308 e. The van der Waals surface area contributed by atoms with E-state index in [2.05, 4.69) is 28.8 Å². The largest absolute Gasteiger partial charge is 0.308 e. The van der Waals surface area contributed by atoms with E-state index in [0.717, 1.165) is 18.7 Å². The fraction of sp³-hybridized carbons (Fsp3) is 0.400. The van der Waals surface area contributed by atoms with Gasteiger partial charge in [0.25, 0.3) is 0 Å². The third-order valence-corrected chi connectivity index (χ3v) is 1.83. The topological polar surface area (TPSA) is 37.8 Å². The lowest BCUT2D eigenvalue weighted by Crippen LogP contribution is -2.20. The molecule has 0 fully saturated rings. The molecular formula is C10H15N3. The molecular weight excluding hydrogens is 162 g/mol. The number of nitrogens with one attached hydrogen (secondary N) is 1. The molecule has 0 amide bonds. The molecule has 0 aliphatic carbocycles. The maximum absolute atomic E-state index is 4.21. The summed E-state index contributed by atoms with van der Waals surface area (Å²) in [7, 11) is 0. The molecule has 0 bridgehead atoms. The van der Waals surface area contributed by atoms with E-state index in [1.807, 2.05) is 6.08 Å². The van der Waals surface area contributed by atoms with Crippen molar-refractivity contribution in [2.45, 2.75) is 19.4 Å². The first kappa shape index (κ1) is 9.86. The summed E-state index contributed by atoms with van der Waals surface area (Å²) in [5.74, 6) is 0. The molecule has 13 heavy (non-hydrogen) atoms. The average molecular weight is 177 g/mol. The maximum atomic E-state index is 4.21. The lowest BCUT2D eigenvalue weighted by atomic mass is 10.2. The minimum atomic E-state index is 0.258. The van der Waals surface area contributed by atoms with E-state index in [0.29, 0.717) is 0 Å². The van der Waals surface area contributed by atoms with E-state index in [1.165, 1.54) is 0 Å². The SMILES string of the molecule is C=CCCNC(C)c1cnccn1. The molecule has 1 aromatic heterocycles. The fourth-order valence-corrected chi connectivity index (χ4v) is 1.04. The van der Waals surface area contributed by atoms with Gasteiger partial charge in [0.1, 0.15) is 0 Å². The second kappa shape index (κ2) is 5.43. The van der Waals surface area contributed by atoms with Gasteiger partial charge in [0.15, 0.2) is 0 Å². The number of nitrogens with zero attached hydrogens (tertiary/aromatic N) is 2. The molecule has 0 radical (unpaired) electrons. The normalized spacial score (nSPS) is 12.4. The summed E-state index contributed by atoms with van der Waals surface area (Å²) >= 11 is 0. The van der Waals surface area contributed by atoms with Crippen LogP contribution in [0.1, 0.15) is 25.1 Å². The molecule has 0 aliphatic rings. The molecule has 1 unspecified atom stereocenters. The van der Waals surface area contributed by atoms with E-state index in [-0.39, 0.29) is 6.04 Å². The second-order valence-corrected chi connectivity index (χ2v) is 2.88. The highest BCUT2D eigenvalue weighted by Gasteiger charge is 2.03. The van der Waals surface area contributed by atoms with Crippen molar-refractivity contribution in [3.63, 3.8) is 0 Å². The first-order valence-corrected chi connectivity index (χ1v) is 4.44. The lowest BCUT2D eigenvalue weighted by molar-refractivity contribution is 0.566. The molecule has 0 aromatic carbocycles. The molecule has 1 N–H and O–H groups in total. The molecule has 3 heteroatoms. The average Bonchev–Trinajstić information content (AvgIpc) is 2.19. The second-order valence-electron chi connectivity index (χ2n) is 2.88. The van der Waals surface area contributed by atoms with E-state index in [4.69, 9.17) is 0 Å². The van der Waals surface area contributed by atoms with Crippen LogP contribution in [0.5, 0.6) is 0 Å². The van der Waals surface area contributed by atoms with E-state index >= 15 is 0 Å². The Morgan fingerprint density at radius 1 is 1.62 bits per heavy atom. The third kappa shape index (κ3) is 3.34. The summed E-state index contributed by atoms with van der Waals surface area (Å²) in [5, 5.41) is 3.33. The lowest BCUT2D eigenvalue weighted by Gasteiger charge is -2.11. The number of rotatable bonds is 5. The monoisotopic (exact) mass is 177 g/mol. The molecule has 3 nitrogen and oxygen atoms in total. The zero-order chi connectivity index (χ0) is 9.52. The van der Waals surface area contributed by atoms with E-state index in [1.54, 1.807) is 18.6 Å². The van der Waals surface area contributed by atoms with Crippen molar-refractivity contribution in [1.82, 2.24) is 15.3 Å². The Kier molecular flexibility index (Phi) is 4.12. The number of hydrogen-bond acceptors (Lipinski definition) is 3. The number of aromatic nitrogens is 2. The van der Waals surface area contributed by atoms with Crippen molar-refractivity contribution < 1.29 is 0 Å². The Labute approximate surface area is 78.9 Å². The predicted octanol–water partition coefficient (Wildman–Crippen LogP) is 1.70. The Bertz CT molecular complexity index is 246. The molecule has 0 saturated heterocycles. The molecule has 0 aliphatic heterocycles. The predicted molar refractivity (Wildman–Crippen MR) is 53.3 cm³/mol. The van der Waals surface area contributed by atoms with Gasteiger partial charge in [0, 0.05) is 24.6 Å². The van der Waals surface area contributed by atoms with Crippen molar-refractivity contribution in [3.8, 4) is 0 Å². The molecule has 1 rings (SSSR count). The van der Waals surface area contributed by atoms with Crippen LogP contribution in [0.3, 0.4) is 0 Å². The summed E-state index contributed by atoms with van der Waals surface area (Å²) in [4.78, 5) is 8.22. The first-order valence-electron chi connectivity index (χ1n) is 4.44. The smallest absolute Gasteiger partial charge is 0.0753 e. The first-order chi connectivity index (χ1) is 6.34. The summed E-state index contributed by atoms with van der Waals surface area (Å²) in [6.07, 6.45) is 8.05. The molecule has 1 atom stereocenters. The Morgan fingerprint density at radius 3 is 3.08 bits per heavy atom. The Balaban J connectivity index is 2.39. The van der Waals surface area contributed by atoms with Gasteiger partial charge in [-0.25, -0.2) is 0 Å². The van der Waals surface area contributed by atoms with Gasteiger partial charge in [0.05, 0.1) is 5.69 Å². The molecule has 1 heterocycles. The fourth-order valence-electron chi connectivity index (χ4n) is 1.04. The van der Waals surface area contributed by atoms with Crippen molar-refractivity contribution in [3.05, 3.63) is 36.9 Å². The highest BCUT2D eigenvalue weighted by Crippen LogP contribution is 2.05. The molecule has 1 aromatic rings. The summed E-state index contributed by atoms with van der Waals surface area (Å²) in [5.41, 5.74) is 0.978. The van der Waals surface area contributed by atoms with Crippen molar-refractivity contribution in [1.29, 1.82) is 0 Å². The van der Waals surface area contributed by atoms with E-state index in [9.17, 15) is 0 Å². The van der Waals surface area contributed by atoms with Crippen LogP contribution < -0.4 is 5.32 Å². The zero-order valence-corrected chi connectivity index (χ0v) is 7.90. The summed E-state index contributed by atoms with van der Waals surface area (Å²) in [6, 6.07) is 0.258. The third-order valence-electron chi connectivity index (χ3n) is 1.83. The van der Waals surface area contributed by atoms with Gasteiger partial charge < -0.3 is 5.32 Å². The van der Waals surface area contributed by atoms with Gasteiger partial charge in [0.2, 0.25) is 0 Å². The van der Waals surface area contributed by atoms with Crippen LogP contribution in [-0.4, -0.2) is 16.5 Å².